The molecule has 0 aliphatic heterocycles. The van der Waals surface area contributed by atoms with E-state index in [0.29, 0.717) is 52.4 Å². The van der Waals surface area contributed by atoms with Gasteiger partial charge in [-0.2, -0.15) is 9.97 Å². The summed E-state index contributed by atoms with van der Waals surface area (Å²) in [4.78, 5) is 19.0. The molecule has 0 atom stereocenters. The van der Waals surface area contributed by atoms with Crippen LogP contribution in [-0.2, 0) is 0 Å². The number of imidazole rings is 1. The Hall–Kier alpha value is -3.27. The normalized spacial score (nSPS) is 11.4. The van der Waals surface area contributed by atoms with Crippen molar-refractivity contribution >= 4 is 28.6 Å². The van der Waals surface area contributed by atoms with E-state index in [1.807, 2.05) is 0 Å². The van der Waals surface area contributed by atoms with Crippen molar-refractivity contribution in [3.05, 3.63) is 18.5 Å². The number of benzene rings is 1. The van der Waals surface area contributed by atoms with Gasteiger partial charge in [0.05, 0.1) is 27.7 Å². The first kappa shape index (κ1) is 23.4. The van der Waals surface area contributed by atoms with Crippen LogP contribution in [0.3, 0.4) is 0 Å². The molecule has 32 heavy (non-hydrogen) atoms. The molecular weight excluding hydrogens is 410 g/mol. The van der Waals surface area contributed by atoms with Gasteiger partial charge >= 0.3 is 0 Å². The summed E-state index contributed by atoms with van der Waals surface area (Å²) >= 11 is 0. The summed E-state index contributed by atoms with van der Waals surface area (Å²) in [7, 11) is 4.72. The molecule has 1 aromatic carbocycles. The number of fused-ring (bicyclic) bond motifs is 1. The Morgan fingerprint density at radius 3 is 2.19 bits per heavy atom. The van der Waals surface area contributed by atoms with Crippen molar-refractivity contribution in [3.8, 4) is 17.2 Å². The summed E-state index contributed by atoms with van der Waals surface area (Å²) in [6.07, 6.45) is 1.61. The fraction of sp³-hybridized carbons (Fsp3) is 0.500. The first-order valence-corrected chi connectivity index (χ1v) is 10.7. The van der Waals surface area contributed by atoms with Crippen LogP contribution in [0.4, 0.5) is 17.5 Å². The average Bonchev–Trinajstić information content (AvgIpc) is 3.24. The van der Waals surface area contributed by atoms with Gasteiger partial charge in [-0.15, -0.1) is 0 Å². The Bertz CT molecular complexity index is 1000. The van der Waals surface area contributed by atoms with E-state index >= 15 is 0 Å². The zero-order valence-corrected chi connectivity index (χ0v) is 19.8. The molecule has 2 aromatic heterocycles. The van der Waals surface area contributed by atoms with Crippen LogP contribution in [0.1, 0.15) is 27.7 Å². The molecule has 10 heteroatoms. The van der Waals surface area contributed by atoms with Crippen LogP contribution in [-0.4, -0.2) is 71.3 Å². The minimum Gasteiger partial charge on any atom is -0.493 e. The number of aromatic amines is 1. The predicted octanol–water partition coefficient (Wildman–Crippen LogP) is 3.65. The highest BCUT2D eigenvalue weighted by atomic mass is 16.5. The standard InChI is InChI=1S/C22H33N7O3/c1-13(2)29(14(3)4)9-8-23-20-18-21(25-12-24-18)28-22(27-20)26-15-10-16(30-5)19(32-7)17(11-15)31-6/h10-14H,8-9H2,1-7H3,(H3,23,24,25,26,27,28). The fourth-order valence-electron chi connectivity index (χ4n) is 3.72. The quantitative estimate of drug-likeness (QED) is 0.409. The first-order chi connectivity index (χ1) is 15.4. The molecule has 0 amide bonds. The Balaban J connectivity index is 1.85. The van der Waals surface area contributed by atoms with Crippen molar-refractivity contribution in [1.29, 1.82) is 0 Å². The van der Waals surface area contributed by atoms with E-state index in [0.717, 1.165) is 18.6 Å². The molecule has 3 rings (SSSR count). The number of hydrogen-bond donors (Lipinski definition) is 3. The molecule has 0 bridgehead atoms. The van der Waals surface area contributed by atoms with Crippen molar-refractivity contribution < 1.29 is 14.2 Å². The summed E-state index contributed by atoms with van der Waals surface area (Å²) in [5.41, 5.74) is 2.04. The molecule has 0 radical (unpaired) electrons. The van der Waals surface area contributed by atoms with E-state index in [9.17, 15) is 0 Å². The van der Waals surface area contributed by atoms with Crippen LogP contribution in [0, 0.1) is 0 Å². The van der Waals surface area contributed by atoms with Crippen molar-refractivity contribution in [1.82, 2.24) is 24.8 Å². The molecule has 0 saturated heterocycles. The van der Waals surface area contributed by atoms with E-state index in [4.69, 9.17) is 14.2 Å². The summed E-state index contributed by atoms with van der Waals surface area (Å²) in [5.74, 6) is 2.69. The lowest BCUT2D eigenvalue weighted by Gasteiger charge is -2.30. The molecule has 0 spiro atoms. The van der Waals surface area contributed by atoms with E-state index < -0.39 is 0 Å². The Labute approximate surface area is 188 Å². The average molecular weight is 444 g/mol. The van der Waals surface area contributed by atoms with Gasteiger partial charge in [0, 0.05) is 43.0 Å². The maximum Gasteiger partial charge on any atom is 0.231 e. The maximum absolute atomic E-state index is 5.43. The maximum atomic E-state index is 5.43. The molecule has 2 heterocycles. The number of ether oxygens (including phenoxy) is 3. The number of anilines is 3. The Morgan fingerprint density at radius 2 is 1.62 bits per heavy atom. The second kappa shape index (κ2) is 10.4. The molecule has 174 valence electrons. The predicted molar refractivity (Wildman–Crippen MR) is 127 cm³/mol. The topological polar surface area (TPSA) is 109 Å². The van der Waals surface area contributed by atoms with Crippen LogP contribution < -0.4 is 24.8 Å². The lowest BCUT2D eigenvalue weighted by atomic mass is 10.2. The van der Waals surface area contributed by atoms with Gasteiger partial charge in [0.25, 0.3) is 0 Å². The largest absolute Gasteiger partial charge is 0.493 e. The molecule has 0 fully saturated rings. The highest BCUT2D eigenvalue weighted by Gasteiger charge is 2.16. The Kier molecular flexibility index (Phi) is 7.57. The number of hydrogen-bond acceptors (Lipinski definition) is 9. The van der Waals surface area contributed by atoms with Crippen LogP contribution in [0.2, 0.25) is 0 Å². The van der Waals surface area contributed by atoms with Gasteiger partial charge < -0.3 is 29.8 Å². The second-order valence-electron chi connectivity index (χ2n) is 7.89. The van der Waals surface area contributed by atoms with E-state index in [-0.39, 0.29) is 0 Å². The highest BCUT2D eigenvalue weighted by Crippen LogP contribution is 2.40. The number of nitrogens with zero attached hydrogens (tertiary/aromatic N) is 4. The summed E-state index contributed by atoms with van der Waals surface area (Å²) in [6, 6.07) is 4.53. The minimum atomic E-state index is 0.408. The third-order valence-corrected chi connectivity index (χ3v) is 5.20. The summed E-state index contributed by atoms with van der Waals surface area (Å²) in [5, 5.41) is 6.65. The van der Waals surface area contributed by atoms with Gasteiger partial charge in [-0.1, -0.05) is 0 Å². The van der Waals surface area contributed by atoms with Crippen molar-refractivity contribution in [2.45, 2.75) is 39.8 Å². The minimum absolute atomic E-state index is 0.408. The van der Waals surface area contributed by atoms with Crippen LogP contribution in [0.15, 0.2) is 18.5 Å². The molecule has 10 nitrogen and oxygen atoms in total. The number of rotatable bonds is 11. The van der Waals surface area contributed by atoms with Gasteiger partial charge in [-0.05, 0) is 27.7 Å². The first-order valence-electron chi connectivity index (χ1n) is 10.7. The van der Waals surface area contributed by atoms with Gasteiger partial charge in [0.2, 0.25) is 11.7 Å². The zero-order valence-electron chi connectivity index (χ0n) is 19.8. The molecule has 0 unspecified atom stereocenters. The summed E-state index contributed by atoms with van der Waals surface area (Å²) in [6.45, 7) is 10.5. The fourth-order valence-corrected chi connectivity index (χ4v) is 3.72. The zero-order chi connectivity index (χ0) is 23.3. The molecule has 0 saturated carbocycles. The lowest BCUT2D eigenvalue weighted by Crippen LogP contribution is -2.40. The van der Waals surface area contributed by atoms with Gasteiger partial charge in [-0.25, -0.2) is 4.98 Å². The van der Waals surface area contributed by atoms with Crippen LogP contribution in [0.5, 0.6) is 17.2 Å². The van der Waals surface area contributed by atoms with E-state index in [1.54, 1.807) is 39.8 Å². The monoisotopic (exact) mass is 443 g/mol. The van der Waals surface area contributed by atoms with Crippen molar-refractivity contribution in [3.63, 3.8) is 0 Å². The number of H-pyrrole nitrogens is 1. The third kappa shape index (κ3) is 5.13. The van der Waals surface area contributed by atoms with Crippen LogP contribution >= 0.6 is 0 Å². The number of aromatic nitrogens is 4. The van der Waals surface area contributed by atoms with Crippen molar-refractivity contribution in [2.75, 3.05) is 45.1 Å². The van der Waals surface area contributed by atoms with Gasteiger partial charge in [-0.3, -0.25) is 4.90 Å². The van der Waals surface area contributed by atoms with E-state index in [2.05, 4.69) is 63.2 Å². The smallest absolute Gasteiger partial charge is 0.231 e. The van der Waals surface area contributed by atoms with Gasteiger partial charge in [0.15, 0.2) is 23.0 Å². The third-order valence-electron chi connectivity index (χ3n) is 5.20. The Morgan fingerprint density at radius 1 is 0.969 bits per heavy atom. The van der Waals surface area contributed by atoms with Gasteiger partial charge in [0.1, 0.15) is 5.52 Å². The summed E-state index contributed by atoms with van der Waals surface area (Å²) < 4.78 is 16.3. The number of methoxy groups -OCH3 is 3. The highest BCUT2D eigenvalue weighted by molar-refractivity contribution is 5.84. The molecule has 3 N–H and O–H groups in total. The lowest BCUT2D eigenvalue weighted by molar-refractivity contribution is 0.182. The molecular formula is C22H33N7O3. The van der Waals surface area contributed by atoms with Crippen molar-refractivity contribution in [2.24, 2.45) is 0 Å². The second-order valence-corrected chi connectivity index (χ2v) is 7.89. The SMILES string of the molecule is COc1cc(Nc2nc(NCCN(C(C)C)C(C)C)c3[nH]cnc3n2)cc(OC)c1OC. The molecule has 0 aliphatic carbocycles. The number of nitrogens with one attached hydrogen (secondary N) is 3. The molecule has 3 aromatic rings. The van der Waals surface area contributed by atoms with Crippen LogP contribution in [0.25, 0.3) is 11.2 Å². The van der Waals surface area contributed by atoms with E-state index in [1.165, 1.54) is 0 Å². The molecule has 0 aliphatic rings.